The van der Waals surface area contributed by atoms with Gasteiger partial charge in [0.1, 0.15) is 0 Å². The van der Waals surface area contributed by atoms with E-state index in [1.54, 1.807) is 6.92 Å². The van der Waals surface area contributed by atoms with Crippen LogP contribution in [-0.2, 0) is 14.6 Å². The maximum atomic E-state index is 10.4. The first-order chi connectivity index (χ1) is 10.5. The predicted molar refractivity (Wildman–Crippen MR) is 90.6 cm³/mol. The van der Waals surface area contributed by atoms with Gasteiger partial charge in [-0.15, -0.1) is 0 Å². The minimum absolute atomic E-state index is 0. The van der Waals surface area contributed by atoms with Crippen molar-refractivity contribution in [3.63, 3.8) is 0 Å². The van der Waals surface area contributed by atoms with E-state index in [4.69, 9.17) is 0 Å². The fourth-order valence-corrected chi connectivity index (χ4v) is 3.20. The van der Waals surface area contributed by atoms with E-state index in [-0.39, 0.29) is 29.6 Å². The summed E-state index contributed by atoms with van der Waals surface area (Å²) in [6.45, 7) is 3.88. The Kier molecular flexibility index (Phi) is 20.1. The Morgan fingerprint density at radius 2 is 1.13 bits per heavy atom. The van der Waals surface area contributed by atoms with E-state index in [1.165, 1.54) is 70.6 Å². The second-order valence-corrected chi connectivity index (χ2v) is 7.36. The predicted octanol–water partition coefficient (Wildman–Crippen LogP) is 2.34. The molecular formula is C17H35NaO4S. The van der Waals surface area contributed by atoms with Crippen LogP contribution in [-0.4, -0.2) is 19.1 Å². The summed E-state index contributed by atoms with van der Waals surface area (Å²) in [7, 11) is -4.54. The average molecular weight is 359 g/mol. The van der Waals surface area contributed by atoms with Crippen LogP contribution in [0.3, 0.4) is 0 Å². The van der Waals surface area contributed by atoms with E-state index in [0.29, 0.717) is 6.42 Å². The molecule has 1 unspecified atom stereocenters. The quantitative estimate of drug-likeness (QED) is 0.184. The fraction of sp³-hybridized carbons (Fsp3) is 1.00. The van der Waals surface area contributed by atoms with Crippen LogP contribution in [0.4, 0.5) is 0 Å². The molecule has 0 aromatic heterocycles. The van der Waals surface area contributed by atoms with E-state index < -0.39 is 16.5 Å². The van der Waals surface area contributed by atoms with Crippen LogP contribution in [0.1, 0.15) is 104 Å². The molecule has 0 aliphatic heterocycles. The van der Waals surface area contributed by atoms with Gasteiger partial charge in [0.25, 0.3) is 0 Å². The molecule has 0 N–H and O–H groups in total. The van der Waals surface area contributed by atoms with Crippen LogP contribution >= 0.6 is 0 Å². The van der Waals surface area contributed by atoms with Crippen molar-refractivity contribution in [2.75, 3.05) is 0 Å². The van der Waals surface area contributed by atoms with Crippen molar-refractivity contribution in [2.24, 2.45) is 0 Å². The summed E-state index contributed by atoms with van der Waals surface area (Å²) in [5.74, 6) is 0. The third-order valence-electron chi connectivity index (χ3n) is 4.00. The van der Waals surface area contributed by atoms with Crippen LogP contribution in [0.2, 0.25) is 0 Å². The number of hydrogen-bond donors (Lipinski definition) is 0. The van der Waals surface area contributed by atoms with Gasteiger partial charge in [-0.1, -0.05) is 90.4 Å². The van der Waals surface area contributed by atoms with Crippen LogP contribution in [0.5, 0.6) is 0 Å². The summed E-state index contributed by atoms with van der Waals surface area (Å²) in [6, 6.07) is 0. The third kappa shape index (κ3) is 22.9. The molecule has 6 heteroatoms. The molecule has 134 valence electrons. The molecule has 0 heterocycles. The van der Waals surface area contributed by atoms with Gasteiger partial charge in [0, 0.05) is 0 Å². The molecule has 0 rings (SSSR count). The van der Waals surface area contributed by atoms with Crippen molar-refractivity contribution >= 4 is 10.4 Å². The Morgan fingerprint density at radius 1 is 0.783 bits per heavy atom. The third-order valence-corrected chi connectivity index (χ3v) is 4.56. The second-order valence-electron chi connectivity index (χ2n) is 6.35. The fourth-order valence-electron chi connectivity index (χ4n) is 2.70. The molecule has 4 nitrogen and oxygen atoms in total. The van der Waals surface area contributed by atoms with Gasteiger partial charge >= 0.3 is 29.6 Å². The second kappa shape index (κ2) is 17.7. The van der Waals surface area contributed by atoms with Crippen molar-refractivity contribution < 1.29 is 46.7 Å². The van der Waals surface area contributed by atoms with Crippen LogP contribution in [0.25, 0.3) is 0 Å². The van der Waals surface area contributed by atoms with E-state index in [2.05, 4.69) is 11.1 Å². The van der Waals surface area contributed by atoms with Crippen LogP contribution in [0, 0.1) is 0 Å². The van der Waals surface area contributed by atoms with Gasteiger partial charge in [-0.25, -0.2) is 8.42 Å². The van der Waals surface area contributed by atoms with Crippen molar-refractivity contribution in [3.05, 3.63) is 0 Å². The van der Waals surface area contributed by atoms with Gasteiger partial charge < -0.3 is 4.55 Å². The molecule has 0 radical (unpaired) electrons. The maximum Gasteiger partial charge on any atom is 1.00 e. The number of rotatable bonds is 16. The Morgan fingerprint density at radius 3 is 1.48 bits per heavy atom. The van der Waals surface area contributed by atoms with Crippen LogP contribution < -0.4 is 29.6 Å². The monoisotopic (exact) mass is 358 g/mol. The van der Waals surface area contributed by atoms with Gasteiger partial charge in [-0.2, -0.15) is 0 Å². The first-order valence-electron chi connectivity index (χ1n) is 9.10. The zero-order valence-electron chi connectivity index (χ0n) is 15.5. The molecule has 0 amide bonds. The SMILES string of the molecule is CCCCCCCCCCCCCCCC(C)OS(=O)(=O)[O-].[Na+]. The normalized spacial score (nSPS) is 12.8. The molecular weight excluding hydrogens is 323 g/mol. The molecule has 1 atom stereocenters. The van der Waals surface area contributed by atoms with Gasteiger partial charge in [0.15, 0.2) is 0 Å². The first kappa shape index (κ1) is 26.1. The van der Waals surface area contributed by atoms with Crippen molar-refractivity contribution in [1.29, 1.82) is 0 Å². The molecule has 0 saturated heterocycles. The smallest absolute Gasteiger partial charge is 0.726 e. The minimum atomic E-state index is -4.54. The van der Waals surface area contributed by atoms with E-state index >= 15 is 0 Å². The summed E-state index contributed by atoms with van der Waals surface area (Å²) >= 11 is 0. The molecule has 0 aliphatic rings. The standard InChI is InChI=1S/C17H36O4S.Na/c1-3-4-5-6-7-8-9-10-11-12-13-14-15-16-17(2)21-22(18,19)20;/h17H,3-16H2,1-2H3,(H,18,19,20);/q;+1/p-1. The van der Waals surface area contributed by atoms with E-state index in [1.807, 2.05) is 0 Å². The van der Waals surface area contributed by atoms with Gasteiger partial charge in [-0.05, 0) is 13.3 Å². The molecule has 0 bridgehead atoms. The van der Waals surface area contributed by atoms with E-state index in [9.17, 15) is 13.0 Å². The summed E-state index contributed by atoms with van der Waals surface area (Å²) in [5.41, 5.74) is 0. The maximum absolute atomic E-state index is 10.4. The molecule has 0 aromatic carbocycles. The molecule has 0 spiro atoms. The largest absolute Gasteiger partial charge is 1.00 e. The zero-order chi connectivity index (χ0) is 16.7. The molecule has 0 aliphatic carbocycles. The minimum Gasteiger partial charge on any atom is -0.726 e. The Labute approximate surface area is 166 Å². The Balaban J connectivity index is 0. The van der Waals surface area contributed by atoms with Crippen LogP contribution in [0.15, 0.2) is 0 Å². The van der Waals surface area contributed by atoms with Gasteiger partial charge in [0.2, 0.25) is 10.4 Å². The van der Waals surface area contributed by atoms with E-state index in [0.717, 1.165) is 12.8 Å². The number of hydrogen-bond acceptors (Lipinski definition) is 4. The average Bonchev–Trinajstić information content (AvgIpc) is 2.42. The summed E-state index contributed by atoms with van der Waals surface area (Å²) < 4.78 is 35.6. The number of unbranched alkanes of at least 4 members (excludes halogenated alkanes) is 12. The molecule has 23 heavy (non-hydrogen) atoms. The zero-order valence-corrected chi connectivity index (χ0v) is 18.3. The molecule has 0 saturated carbocycles. The van der Waals surface area contributed by atoms with Gasteiger partial charge in [-0.3, -0.25) is 4.18 Å². The molecule has 0 fully saturated rings. The summed E-state index contributed by atoms with van der Waals surface area (Å²) in [6.07, 6.45) is 16.9. The summed E-state index contributed by atoms with van der Waals surface area (Å²) in [5, 5.41) is 0. The first-order valence-corrected chi connectivity index (χ1v) is 10.4. The van der Waals surface area contributed by atoms with Gasteiger partial charge in [0.05, 0.1) is 6.10 Å². The topological polar surface area (TPSA) is 66.4 Å². The van der Waals surface area contributed by atoms with Crippen molar-refractivity contribution in [2.45, 2.75) is 110 Å². The molecule has 0 aromatic rings. The van der Waals surface area contributed by atoms with Crippen molar-refractivity contribution in [1.82, 2.24) is 0 Å². The summed E-state index contributed by atoms with van der Waals surface area (Å²) in [4.78, 5) is 0. The Hall–Kier alpha value is 0.870. The Bertz CT molecular complexity index is 333. The van der Waals surface area contributed by atoms with Crippen molar-refractivity contribution in [3.8, 4) is 0 Å².